The molecule has 2 aromatic carbocycles. The number of rotatable bonds is 11. The first-order valence-corrected chi connectivity index (χ1v) is 14.8. The maximum absolute atomic E-state index is 16.3. The van der Waals surface area contributed by atoms with Crippen LogP contribution < -0.4 is 10.6 Å². The second kappa shape index (κ2) is 12.8. The van der Waals surface area contributed by atoms with Gasteiger partial charge in [-0.2, -0.15) is 5.10 Å². The van der Waals surface area contributed by atoms with E-state index in [1.54, 1.807) is 36.7 Å². The van der Waals surface area contributed by atoms with Gasteiger partial charge in [-0.3, -0.25) is 19.9 Å². The quantitative estimate of drug-likeness (QED) is 0.130. The summed E-state index contributed by atoms with van der Waals surface area (Å²) in [6.45, 7) is 3.45. The van der Waals surface area contributed by atoms with Gasteiger partial charge in [0.2, 0.25) is 5.91 Å². The van der Waals surface area contributed by atoms with Crippen LogP contribution in [0.3, 0.4) is 0 Å². The Kier molecular flexibility index (Phi) is 8.47. The zero-order chi connectivity index (χ0) is 31.5. The van der Waals surface area contributed by atoms with Gasteiger partial charge in [-0.1, -0.05) is 13.3 Å². The molecule has 12 heteroatoms. The number of nitrogens with one attached hydrogen (secondary N) is 4. The largest absolute Gasteiger partial charge is 0.384 e. The number of likely N-dealkylation sites (N-methyl/N-ethyl adjacent to an activating group) is 1. The average Bonchev–Trinajstić information content (AvgIpc) is 3.65. The molecule has 45 heavy (non-hydrogen) atoms. The van der Waals surface area contributed by atoms with E-state index in [4.69, 9.17) is 4.98 Å². The number of hydrogen-bond acceptors (Lipinski definition) is 7. The lowest BCUT2D eigenvalue weighted by Gasteiger charge is -2.12. The van der Waals surface area contributed by atoms with Crippen molar-refractivity contribution in [2.75, 3.05) is 37.8 Å². The molecule has 4 aromatic heterocycles. The number of carbonyl (C=O) groups is 1. The highest BCUT2D eigenvalue weighted by Gasteiger charge is 2.21. The van der Waals surface area contributed by atoms with E-state index < -0.39 is 11.6 Å². The first kappa shape index (κ1) is 29.8. The van der Waals surface area contributed by atoms with E-state index in [2.05, 4.69) is 35.8 Å². The lowest BCUT2D eigenvalue weighted by atomic mass is 10.0. The fourth-order valence-electron chi connectivity index (χ4n) is 5.19. The summed E-state index contributed by atoms with van der Waals surface area (Å²) in [5.74, 6) is -0.693. The SMILES string of the molecule is CCCCC(=O)Nc1cncc(-c2ccc3[nH]nc(-c4nc5c(-c6cc(F)cc(NCCN(C)C)c6)nccc5[nH]4)c3c2F)c1. The molecule has 1 amide bonds. The summed E-state index contributed by atoms with van der Waals surface area (Å²) < 4.78 is 30.9. The Morgan fingerprint density at radius 1 is 0.978 bits per heavy atom. The number of halogens is 2. The number of amides is 1. The summed E-state index contributed by atoms with van der Waals surface area (Å²) in [6.07, 6.45) is 6.80. The second-order valence-electron chi connectivity index (χ2n) is 11.1. The Hall–Kier alpha value is -5.23. The van der Waals surface area contributed by atoms with Crippen LogP contribution in [0.1, 0.15) is 26.2 Å². The number of benzene rings is 2. The summed E-state index contributed by atoms with van der Waals surface area (Å²) in [5.41, 5.74) is 4.89. The van der Waals surface area contributed by atoms with E-state index in [1.165, 1.54) is 18.3 Å². The predicted molar refractivity (Wildman–Crippen MR) is 173 cm³/mol. The van der Waals surface area contributed by atoms with Gasteiger partial charge in [0.15, 0.2) is 5.82 Å². The highest BCUT2D eigenvalue weighted by Crippen LogP contribution is 2.36. The third-order valence-corrected chi connectivity index (χ3v) is 7.44. The van der Waals surface area contributed by atoms with Crippen molar-refractivity contribution in [3.63, 3.8) is 0 Å². The number of hydrogen-bond donors (Lipinski definition) is 4. The summed E-state index contributed by atoms with van der Waals surface area (Å²) in [6, 6.07) is 11.5. The van der Waals surface area contributed by atoms with E-state index in [0.29, 0.717) is 69.1 Å². The molecule has 0 spiro atoms. The number of aromatic amines is 2. The first-order chi connectivity index (χ1) is 21.8. The average molecular weight is 610 g/mol. The maximum atomic E-state index is 16.3. The van der Waals surface area contributed by atoms with Crippen LogP contribution >= 0.6 is 0 Å². The molecule has 6 aromatic rings. The minimum Gasteiger partial charge on any atom is -0.384 e. The van der Waals surface area contributed by atoms with Gasteiger partial charge in [-0.25, -0.2) is 13.8 Å². The van der Waals surface area contributed by atoms with Gasteiger partial charge in [-0.05, 0) is 63.0 Å². The van der Waals surface area contributed by atoms with Crippen molar-refractivity contribution in [2.45, 2.75) is 26.2 Å². The Labute approximate surface area is 258 Å². The third kappa shape index (κ3) is 6.36. The van der Waals surface area contributed by atoms with Gasteiger partial charge in [-0.15, -0.1) is 0 Å². The van der Waals surface area contributed by atoms with E-state index in [-0.39, 0.29) is 17.0 Å². The fraction of sp³-hybridized carbons (Fsp3) is 0.242. The van der Waals surface area contributed by atoms with Crippen molar-refractivity contribution in [1.29, 1.82) is 0 Å². The summed E-state index contributed by atoms with van der Waals surface area (Å²) in [5, 5.41) is 13.6. The number of anilines is 2. The molecular weight excluding hydrogens is 576 g/mol. The van der Waals surface area contributed by atoms with Gasteiger partial charge in [0.05, 0.1) is 34.0 Å². The van der Waals surface area contributed by atoms with Crippen molar-refractivity contribution in [1.82, 2.24) is 35.0 Å². The molecule has 6 rings (SSSR count). The summed E-state index contributed by atoms with van der Waals surface area (Å²) in [7, 11) is 3.94. The number of H-pyrrole nitrogens is 2. The van der Waals surface area contributed by atoms with Gasteiger partial charge >= 0.3 is 0 Å². The third-order valence-electron chi connectivity index (χ3n) is 7.44. The van der Waals surface area contributed by atoms with Crippen molar-refractivity contribution < 1.29 is 13.6 Å². The van der Waals surface area contributed by atoms with Crippen molar-refractivity contribution in [3.8, 4) is 33.9 Å². The summed E-state index contributed by atoms with van der Waals surface area (Å²) >= 11 is 0. The van der Waals surface area contributed by atoms with Crippen LogP contribution in [0.2, 0.25) is 0 Å². The molecular formula is C33H33F2N9O. The van der Waals surface area contributed by atoms with Crippen LogP contribution in [0.15, 0.2) is 61.1 Å². The molecule has 0 aliphatic carbocycles. The molecule has 0 radical (unpaired) electrons. The Bertz CT molecular complexity index is 2000. The van der Waals surface area contributed by atoms with E-state index in [9.17, 15) is 9.18 Å². The molecule has 10 nitrogen and oxygen atoms in total. The number of nitrogens with zero attached hydrogens (tertiary/aromatic N) is 5. The van der Waals surface area contributed by atoms with Crippen LogP contribution in [-0.4, -0.2) is 68.1 Å². The Morgan fingerprint density at radius 3 is 2.64 bits per heavy atom. The van der Waals surface area contributed by atoms with Gasteiger partial charge < -0.3 is 20.5 Å². The fourth-order valence-corrected chi connectivity index (χ4v) is 5.19. The normalized spacial score (nSPS) is 11.5. The van der Waals surface area contributed by atoms with Crippen LogP contribution in [0.25, 0.3) is 55.8 Å². The van der Waals surface area contributed by atoms with Gasteiger partial charge in [0.1, 0.15) is 22.8 Å². The van der Waals surface area contributed by atoms with Crippen molar-refractivity contribution in [3.05, 3.63) is 72.7 Å². The minimum absolute atomic E-state index is 0.113. The van der Waals surface area contributed by atoms with Crippen LogP contribution in [0.5, 0.6) is 0 Å². The lowest BCUT2D eigenvalue weighted by molar-refractivity contribution is -0.116. The zero-order valence-corrected chi connectivity index (χ0v) is 25.2. The Morgan fingerprint density at radius 2 is 1.82 bits per heavy atom. The van der Waals surface area contributed by atoms with Crippen LogP contribution in [-0.2, 0) is 4.79 Å². The molecule has 0 bridgehead atoms. The molecule has 4 heterocycles. The molecule has 230 valence electrons. The van der Waals surface area contributed by atoms with Crippen LogP contribution in [0, 0.1) is 11.6 Å². The summed E-state index contributed by atoms with van der Waals surface area (Å²) in [4.78, 5) is 31.0. The maximum Gasteiger partial charge on any atom is 0.224 e. The number of pyridine rings is 2. The number of unbranched alkanes of at least 4 members (excludes halogenated alkanes) is 1. The van der Waals surface area contributed by atoms with Crippen molar-refractivity contribution in [2.24, 2.45) is 0 Å². The molecule has 4 N–H and O–H groups in total. The molecule has 0 fully saturated rings. The number of carbonyl (C=O) groups excluding carboxylic acids is 1. The highest BCUT2D eigenvalue weighted by atomic mass is 19.1. The standard InChI is InChI=1S/C33H33F2N9O/c1-4-5-6-27(45)39-23-15-20(17-36-18-23)24-7-8-25-28(29(24)35)32(43-42-25)33-40-26-9-10-38-30(31(26)41-33)19-13-21(34)16-22(14-19)37-11-12-44(2)3/h7-10,13-18,37H,4-6,11-12H2,1-3H3,(H,39,45)(H,40,41)(H,42,43). The van der Waals surface area contributed by atoms with E-state index in [1.807, 2.05) is 32.0 Å². The van der Waals surface area contributed by atoms with Gasteiger partial charge in [0, 0.05) is 54.3 Å². The second-order valence-corrected chi connectivity index (χ2v) is 11.1. The number of fused-ring (bicyclic) bond motifs is 2. The molecule has 0 aliphatic heterocycles. The molecule has 0 atom stereocenters. The van der Waals surface area contributed by atoms with Gasteiger partial charge in [0.25, 0.3) is 0 Å². The highest BCUT2D eigenvalue weighted by molar-refractivity contribution is 5.98. The molecule has 0 aliphatic rings. The first-order valence-electron chi connectivity index (χ1n) is 14.8. The monoisotopic (exact) mass is 609 g/mol. The molecule has 0 unspecified atom stereocenters. The topological polar surface area (TPSA) is 128 Å². The zero-order valence-electron chi connectivity index (χ0n) is 25.2. The molecule has 0 saturated heterocycles. The van der Waals surface area contributed by atoms with Crippen molar-refractivity contribution >= 4 is 39.2 Å². The molecule has 0 saturated carbocycles. The lowest BCUT2D eigenvalue weighted by Crippen LogP contribution is -2.20. The van der Waals surface area contributed by atoms with E-state index >= 15 is 4.39 Å². The smallest absolute Gasteiger partial charge is 0.224 e. The minimum atomic E-state index is -0.509. The number of imidazole rings is 1. The number of aromatic nitrogens is 6. The Balaban J connectivity index is 1.36. The predicted octanol–water partition coefficient (Wildman–Crippen LogP) is 6.61. The van der Waals surface area contributed by atoms with Crippen LogP contribution in [0.4, 0.5) is 20.2 Å². The van der Waals surface area contributed by atoms with E-state index in [0.717, 1.165) is 19.4 Å².